The monoisotopic (exact) mass is 299 g/mol. The maximum atomic E-state index is 11.0. The van der Waals surface area contributed by atoms with E-state index < -0.39 is 5.97 Å². The molecule has 0 radical (unpaired) electrons. The number of carboxylic acid groups (broad SMARTS) is 1. The quantitative estimate of drug-likeness (QED) is 0.909. The van der Waals surface area contributed by atoms with Crippen LogP contribution in [0.5, 0.6) is 0 Å². The van der Waals surface area contributed by atoms with Crippen molar-refractivity contribution in [2.45, 2.75) is 38.5 Å². The van der Waals surface area contributed by atoms with Crippen LogP contribution in [0.25, 0.3) is 5.69 Å². The van der Waals surface area contributed by atoms with Gasteiger partial charge in [-0.2, -0.15) is 5.10 Å². The molecule has 0 bridgehead atoms. The fraction of sp³-hybridized carbons (Fsp3) is 0.412. The smallest absolute Gasteiger partial charge is 0.335 e. The highest BCUT2D eigenvalue weighted by molar-refractivity contribution is 5.87. The number of aromatic carboxylic acids is 1. The van der Waals surface area contributed by atoms with E-state index in [2.05, 4.69) is 6.92 Å². The number of nitrogens with zero attached hydrogens (tertiary/aromatic N) is 2. The SMILES string of the molecule is CCc1nn(-c2ccc(C(=O)O)cc2)c2c1C(CN)CCC2. The number of fused-ring (bicyclic) bond motifs is 1. The van der Waals surface area contributed by atoms with Crippen molar-refractivity contribution in [1.82, 2.24) is 9.78 Å². The van der Waals surface area contributed by atoms with Gasteiger partial charge in [0.05, 0.1) is 16.9 Å². The Hall–Kier alpha value is -2.14. The molecule has 0 saturated carbocycles. The van der Waals surface area contributed by atoms with E-state index >= 15 is 0 Å². The summed E-state index contributed by atoms with van der Waals surface area (Å²) in [6, 6.07) is 6.89. The van der Waals surface area contributed by atoms with E-state index in [-0.39, 0.29) is 0 Å². The molecule has 1 heterocycles. The molecule has 5 heteroatoms. The highest BCUT2D eigenvalue weighted by Gasteiger charge is 2.27. The fourth-order valence-corrected chi connectivity index (χ4v) is 3.34. The molecule has 0 aliphatic heterocycles. The third-order valence-electron chi connectivity index (χ3n) is 4.45. The number of aryl methyl sites for hydroxylation is 1. The highest BCUT2D eigenvalue weighted by Crippen LogP contribution is 2.35. The minimum absolute atomic E-state index is 0.292. The summed E-state index contributed by atoms with van der Waals surface area (Å²) < 4.78 is 1.97. The van der Waals surface area contributed by atoms with E-state index in [1.54, 1.807) is 12.1 Å². The summed E-state index contributed by atoms with van der Waals surface area (Å²) in [6.45, 7) is 2.77. The van der Waals surface area contributed by atoms with Crippen LogP contribution < -0.4 is 5.73 Å². The second kappa shape index (κ2) is 5.93. The molecule has 0 saturated heterocycles. The summed E-state index contributed by atoms with van der Waals surface area (Å²) in [6.07, 6.45) is 4.13. The van der Waals surface area contributed by atoms with Crippen molar-refractivity contribution < 1.29 is 9.90 Å². The van der Waals surface area contributed by atoms with Gasteiger partial charge in [-0.3, -0.25) is 0 Å². The average molecular weight is 299 g/mol. The van der Waals surface area contributed by atoms with E-state index in [0.717, 1.165) is 37.1 Å². The van der Waals surface area contributed by atoms with Gasteiger partial charge in [0.1, 0.15) is 0 Å². The molecule has 0 fully saturated rings. The van der Waals surface area contributed by atoms with Gasteiger partial charge in [-0.1, -0.05) is 6.92 Å². The van der Waals surface area contributed by atoms with Crippen LogP contribution >= 0.6 is 0 Å². The van der Waals surface area contributed by atoms with Crippen LogP contribution in [0.3, 0.4) is 0 Å². The molecule has 1 aliphatic rings. The summed E-state index contributed by atoms with van der Waals surface area (Å²) in [7, 11) is 0. The van der Waals surface area contributed by atoms with Gasteiger partial charge in [0.15, 0.2) is 0 Å². The van der Waals surface area contributed by atoms with Crippen LogP contribution in [0.4, 0.5) is 0 Å². The van der Waals surface area contributed by atoms with Crippen LogP contribution in [0, 0.1) is 0 Å². The van der Waals surface area contributed by atoms with Crippen LogP contribution in [-0.2, 0) is 12.8 Å². The van der Waals surface area contributed by atoms with Crippen molar-refractivity contribution in [1.29, 1.82) is 0 Å². The maximum Gasteiger partial charge on any atom is 0.335 e. The Balaban J connectivity index is 2.08. The zero-order chi connectivity index (χ0) is 15.7. The zero-order valence-corrected chi connectivity index (χ0v) is 12.7. The Morgan fingerprint density at radius 3 is 2.73 bits per heavy atom. The van der Waals surface area contributed by atoms with Crippen molar-refractivity contribution in [3.05, 3.63) is 46.8 Å². The molecule has 3 N–H and O–H groups in total. The molecular weight excluding hydrogens is 278 g/mol. The van der Waals surface area contributed by atoms with Crippen molar-refractivity contribution >= 4 is 5.97 Å². The standard InChI is InChI=1S/C17H21N3O2/c1-2-14-16-12(10-18)4-3-5-15(16)20(19-14)13-8-6-11(7-9-13)17(21)22/h6-9,12H,2-5,10,18H2,1H3,(H,21,22). The number of benzene rings is 1. The van der Waals surface area contributed by atoms with E-state index in [4.69, 9.17) is 15.9 Å². The Bertz CT molecular complexity index is 689. The molecule has 1 aromatic heterocycles. The predicted molar refractivity (Wildman–Crippen MR) is 84.6 cm³/mol. The lowest BCUT2D eigenvalue weighted by molar-refractivity contribution is 0.0697. The van der Waals surface area contributed by atoms with Gasteiger partial charge in [-0.25, -0.2) is 9.48 Å². The van der Waals surface area contributed by atoms with Gasteiger partial charge in [0.2, 0.25) is 0 Å². The number of hydrogen-bond donors (Lipinski definition) is 2. The Labute approximate surface area is 129 Å². The molecular formula is C17H21N3O2. The van der Waals surface area contributed by atoms with E-state index in [0.29, 0.717) is 18.0 Å². The van der Waals surface area contributed by atoms with Crippen LogP contribution in [0.15, 0.2) is 24.3 Å². The minimum Gasteiger partial charge on any atom is -0.478 e. The molecule has 1 atom stereocenters. The van der Waals surface area contributed by atoms with E-state index in [9.17, 15) is 4.79 Å². The minimum atomic E-state index is -0.911. The summed E-state index contributed by atoms with van der Waals surface area (Å²) >= 11 is 0. The van der Waals surface area contributed by atoms with Crippen molar-refractivity contribution in [2.24, 2.45) is 5.73 Å². The molecule has 1 aliphatic carbocycles. The Kier molecular flexibility index (Phi) is 3.98. The van der Waals surface area contributed by atoms with Gasteiger partial charge >= 0.3 is 5.97 Å². The Morgan fingerprint density at radius 2 is 2.14 bits per heavy atom. The summed E-state index contributed by atoms with van der Waals surface area (Å²) in [5.41, 5.74) is 10.8. The average Bonchev–Trinajstić information content (AvgIpc) is 2.93. The second-order valence-electron chi connectivity index (χ2n) is 5.75. The molecule has 2 aromatic rings. The van der Waals surface area contributed by atoms with Gasteiger partial charge in [-0.15, -0.1) is 0 Å². The van der Waals surface area contributed by atoms with Gasteiger partial charge in [0, 0.05) is 11.3 Å². The first-order valence-electron chi connectivity index (χ1n) is 7.80. The summed E-state index contributed by atoms with van der Waals surface area (Å²) in [5, 5.41) is 13.8. The third kappa shape index (κ3) is 2.41. The van der Waals surface area contributed by atoms with E-state index in [1.165, 1.54) is 11.3 Å². The van der Waals surface area contributed by atoms with Crippen LogP contribution in [-0.4, -0.2) is 27.4 Å². The molecule has 1 aromatic carbocycles. The first-order valence-corrected chi connectivity index (χ1v) is 7.80. The first kappa shape index (κ1) is 14.8. The fourth-order valence-electron chi connectivity index (χ4n) is 3.34. The first-order chi connectivity index (χ1) is 10.7. The van der Waals surface area contributed by atoms with Crippen molar-refractivity contribution in [3.8, 4) is 5.69 Å². The molecule has 1 unspecified atom stereocenters. The largest absolute Gasteiger partial charge is 0.478 e. The predicted octanol–water partition coefficient (Wildman–Crippen LogP) is 2.51. The normalized spacial score (nSPS) is 17.3. The van der Waals surface area contributed by atoms with Gasteiger partial charge in [-0.05, 0) is 62.4 Å². The van der Waals surface area contributed by atoms with Crippen molar-refractivity contribution in [2.75, 3.05) is 6.54 Å². The molecule has 0 amide bonds. The lowest BCUT2D eigenvalue weighted by Gasteiger charge is -2.22. The van der Waals surface area contributed by atoms with Gasteiger partial charge in [0.25, 0.3) is 0 Å². The zero-order valence-electron chi connectivity index (χ0n) is 12.7. The summed E-state index contributed by atoms with van der Waals surface area (Å²) in [5.74, 6) is -0.516. The highest BCUT2D eigenvalue weighted by atomic mass is 16.4. The number of carbonyl (C=O) groups is 1. The third-order valence-corrected chi connectivity index (χ3v) is 4.45. The molecule has 3 rings (SSSR count). The van der Waals surface area contributed by atoms with Crippen LogP contribution in [0.2, 0.25) is 0 Å². The molecule has 5 nitrogen and oxygen atoms in total. The number of rotatable bonds is 4. The molecule has 0 spiro atoms. The number of aromatic nitrogens is 2. The maximum absolute atomic E-state index is 11.0. The topological polar surface area (TPSA) is 81.1 Å². The number of hydrogen-bond acceptors (Lipinski definition) is 3. The number of carboxylic acids is 1. The molecule has 22 heavy (non-hydrogen) atoms. The molecule has 116 valence electrons. The lowest BCUT2D eigenvalue weighted by atomic mass is 9.85. The van der Waals surface area contributed by atoms with E-state index in [1.807, 2.05) is 16.8 Å². The Morgan fingerprint density at radius 1 is 1.41 bits per heavy atom. The second-order valence-corrected chi connectivity index (χ2v) is 5.75. The van der Waals surface area contributed by atoms with Gasteiger partial charge < -0.3 is 10.8 Å². The van der Waals surface area contributed by atoms with Crippen LogP contribution in [0.1, 0.15) is 53.0 Å². The van der Waals surface area contributed by atoms with Crippen molar-refractivity contribution in [3.63, 3.8) is 0 Å². The lowest BCUT2D eigenvalue weighted by Crippen LogP contribution is -2.19. The summed E-state index contributed by atoms with van der Waals surface area (Å²) in [4.78, 5) is 11.0. The number of nitrogens with two attached hydrogens (primary N) is 1.